The standard InChI is InChI=1S/C21H29N5O5S/c1-14-6-8-16(9-7-14)32(30,31)23-11-15-5-4-10-26(12-15)13-17(27)18-19(22)24(2)21(29)25(3)20(18)28/h6-9,15,23H,4-5,10-13,22H2,1-3H3. The molecule has 1 atom stereocenters. The molecule has 2 aromatic rings. The van der Waals surface area contributed by atoms with Gasteiger partial charge in [0, 0.05) is 27.2 Å². The molecule has 1 aliphatic rings. The van der Waals surface area contributed by atoms with Crippen molar-refractivity contribution in [1.82, 2.24) is 18.8 Å². The fourth-order valence-electron chi connectivity index (χ4n) is 3.89. The molecule has 1 aliphatic heterocycles. The van der Waals surface area contributed by atoms with Crippen molar-refractivity contribution in [3.05, 3.63) is 56.2 Å². The van der Waals surface area contributed by atoms with Crippen LogP contribution in [0.1, 0.15) is 28.8 Å². The van der Waals surface area contributed by atoms with Crippen LogP contribution in [0.2, 0.25) is 0 Å². The number of nitrogens with zero attached hydrogens (tertiary/aromatic N) is 3. The van der Waals surface area contributed by atoms with Crippen molar-refractivity contribution in [2.75, 3.05) is 31.9 Å². The summed E-state index contributed by atoms with van der Waals surface area (Å²) < 4.78 is 29.7. The zero-order chi connectivity index (χ0) is 23.6. The SMILES string of the molecule is Cc1ccc(S(=O)(=O)NCC2CCCN(CC(=O)c3c(N)n(C)c(=O)n(C)c3=O)C2)cc1. The van der Waals surface area contributed by atoms with Gasteiger partial charge in [-0.25, -0.2) is 17.9 Å². The summed E-state index contributed by atoms with van der Waals surface area (Å²) in [5.74, 6) is -0.584. The van der Waals surface area contributed by atoms with Gasteiger partial charge in [0.1, 0.15) is 11.4 Å². The van der Waals surface area contributed by atoms with Gasteiger partial charge in [0.15, 0.2) is 5.78 Å². The number of benzene rings is 1. The number of piperidine rings is 1. The zero-order valence-electron chi connectivity index (χ0n) is 18.5. The maximum Gasteiger partial charge on any atom is 0.332 e. The number of rotatable bonds is 7. The summed E-state index contributed by atoms with van der Waals surface area (Å²) in [5.41, 5.74) is 5.35. The average molecular weight is 464 g/mol. The van der Waals surface area contributed by atoms with Crippen LogP contribution in [0.5, 0.6) is 0 Å². The molecule has 0 bridgehead atoms. The minimum absolute atomic E-state index is 0.0251. The molecule has 174 valence electrons. The second kappa shape index (κ2) is 9.39. The molecule has 0 saturated carbocycles. The summed E-state index contributed by atoms with van der Waals surface area (Å²) in [6.07, 6.45) is 1.62. The van der Waals surface area contributed by atoms with Crippen molar-refractivity contribution < 1.29 is 13.2 Å². The Morgan fingerprint density at radius 1 is 1.16 bits per heavy atom. The number of hydrogen-bond acceptors (Lipinski definition) is 7. The fourth-order valence-corrected chi connectivity index (χ4v) is 5.01. The Kier molecular flexibility index (Phi) is 7.01. The zero-order valence-corrected chi connectivity index (χ0v) is 19.3. The minimum atomic E-state index is -3.61. The lowest BCUT2D eigenvalue weighted by molar-refractivity contribution is 0.0885. The van der Waals surface area contributed by atoms with Gasteiger partial charge in [0.2, 0.25) is 10.0 Å². The molecule has 2 heterocycles. The van der Waals surface area contributed by atoms with E-state index in [2.05, 4.69) is 4.72 Å². The molecular formula is C21H29N5O5S. The van der Waals surface area contributed by atoms with Gasteiger partial charge in [0.05, 0.1) is 11.4 Å². The number of carbonyl (C=O) groups excluding carboxylic acids is 1. The van der Waals surface area contributed by atoms with Crippen LogP contribution in [0.25, 0.3) is 0 Å². The van der Waals surface area contributed by atoms with Gasteiger partial charge < -0.3 is 5.73 Å². The van der Waals surface area contributed by atoms with E-state index >= 15 is 0 Å². The molecule has 1 saturated heterocycles. The first-order chi connectivity index (χ1) is 15.0. The molecule has 0 amide bonds. The molecule has 10 nitrogen and oxygen atoms in total. The van der Waals surface area contributed by atoms with E-state index in [4.69, 9.17) is 5.73 Å². The van der Waals surface area contributed by atoms with Crippen molar-refractivity contribution in [3.8, 4) is 0 Å². The molecule has 1 aromatic heterocycles. The summed E-state index contributed by atoms with van der Waals surface area (Å²) in [6, 6.07) is 6.64. The van der Waals surface area contributed by atoms with Gasteiger partial charge in [-0.3, -0.25) is 23.6 Å². The van der Waals surface area contributed by atoms with Gasteiger partial charge in [-0.1, -0.05) is 17.7 Å². The second-order valence-electron chi connectivity index (χ2n) is 8.30. The number of nitrogens with one attached hydrogen (secondary N) is 1. The van der Waals surface area contributed by atoms with E-state index in [-0.39, 0.29) is 35.3 Å². The highest BCUT2D eigenvalue weighted by atomic mass is 32.2. The minimum Gasteiger partial charge on any atom is -0.384 e. The average Bonchev–Trinajstić information content (AvgIpc) is 2.76. The predicted molar refractivity (Wildman–Crippen MR) is 121 cm³/mol. The van der Waals surface area contributed by atoms with E-state index in [1.54, 1.807) is 24.3 Å². The Bertz CT molecular complexity index is 1230. The van der Waals surface area contributed by atoms with E-state index in [1.807, 2.05) is 11.8 Å². The molecule has 3 N–H and O–H groups in total. The number of nitrogen functional groups attached to an aromatic ring is 1. The largest absolute Gasteiger partial charge is 0.384 e. The van der Waals surface area contributed by atoms with Crippen molar-refractivity contribution in [2.45, 2.75) is 24.7 Å². The summed E-state index contributed by atoms with van der Waals surface area (Å²) in [6.45, 7) is 3.27. The third-order valence-electron chi connectivity index (χ3n) is 5.85. The molecule has 0 aliphatic carbocycles. The number of ketones is 1. The Labute approximate surface area is 186 Å². The summed E-state index contributed by atoms with van der Waals surface area (Å²) >= 11 is 0. The highest BCUT2D eigenvalue weighted by Gasteiger charge is 2.27. The number of nitrogens with two attached hydrogens (primary N) is 1. The van der Waals surface area contributed by atoms with Crippen LogP contribution in [0.15, 0.2) is 38.8 Å². The van der Waals surface area contributed by atoms with Crippen LogP contribution in [0.3, 0.4) is 0 Å². The van der Waals surface area contributed by atoms with Gasteiger partial charge in [0.25, 0.3) is 5.56 Å². The van der Waals surface area contributed by atoms with E-state index in [9.17, 15) is 22.8 Å². The number of likely N-dealkylation sites (tertiary alicyclic amines) is 1. The molecule has 3 rings (SSSR count). The topological polar surface area (TPSA) is 136 Å². The number of aromatic nitrogens is 2. The van der Waals surface area contributed by atoms with Crippen LogP contribution in [-0.2, 0) is 24.1 Å². The lowest BCUT2D eigenvalue weighted by atomic mass is 9.98. The normalized spacial score (nSPS) is 17.4. The van der Waals surface area contributed by atoms with Crippen molar-refractivity contribution in [2.24, 2.45) is 20.0 Å². The quantitative estimate of drug-likeness (QED) is 0.545. The van der Waals surface area contributed by atoms with Gasteiger partial charge in [-0.2, -0.15) is 0 Å². The van der Waals surface area contributed by atoms with Gasteiger partial charge in [-0.15, -0.1) is 0 Å². The van der Waals surface area contributed by atoms with E-state index in [0.717, 1.165) is 27.5 Å². The van der Waals surface area contributed by atoms with Crippen LogP contribution in [-0.4, -0.2) is 54.4 Å². The first-order valence-corrected chi connectivity index (χ1v) is 11.9. The van der Waals surface area contributed by atoms with Crippen LogP contribution < -0.4 is 21.7 Å². The molecule has 11 heteroatoms. The first-order valence-electron chi connectivity index (χ1n) is 10.4. The Morgan fingerprint density at radius 2 is 1.81 bits per heavy atom. The van der Waals surface area contributed by atoms with Crippen LogP contribution in [0, 0.1) is 12.8 Å². The third kappa shape index (κ3) is 5.00. The highest BCUT2D eigenvalue weighted by molar-refractivity contribution is 7.89. The number of carbonyl (C=O) groups is 1. The summed E-state index contributed by atoms with van der Waals surface area (Å²) in [4.78, 5) is 39.3. The molecule has 1 fully saturated rings. The Balaban J connectivity index is 1.66. The number of sulfonamides is 1. The third-order valence-corrected chi connectivity index (χ3v) is 7.29. The first kappa shape index (κ1) is 23.9. The molecule has 1 aromatic carbocycles. The molecule has 32 heavy (non-hydrogen) atoms. The lowest BCUT2D eigenvalue weighted by Gasteiger charge is -2.32. The van der Waals surface area contributed by atoms with E-state index < -0.39 is 27.1 Å². The van der Waals surface area contributed by atoms with Crippen LogP contribution >= 0.6 is 0 Å². The molecular weight excluding hydrogens is 434 g/mol. The van der Waals surface area contributed by atoms with Crippen LogP contribution in [0.4, 0.5) is 5.82 Å². The fraction of sp³-hybridized carbons (Fsp3) is 0.476. The number of aryl methyl sites for hydroxylation is 1. The molecule has 1 unspecified atom stereocenters. The number of anilines is 1. The second-order valence-corrected chi connectivity index (χ2v) is 10.1. The molecule has 0 radical (unpaired) electrons. The monoisotopic (exact) mass is 463 g/mol. The van der Waals surface area contributed by atoms with Crippen molar-refractivity contribution in [3.63, 3.8) is 0 Å². The predicted octanol–water partition coefficient (Wildman–Crippen LogP) is -0.152. The maximum atomic E-state index is 12.8. The number of Topliss-reactive ketones (excluding diaryl/α,β-unsaturated/α-hetero) is 1. The Morgan fingerprint density at radius 3 is 2.47 bits per heavy atom. The number of hydrogen-bond donors (Lipinski definition) is 2. The molecule has 0 spiro atoms. The van der Waals surface area contributed by atoms with E-state index in [1.165, 1.54) is 14.1 Å². The van der Waals surface area contributed by atoms with Crippen molar-refractivity contribution in [1.29, 1.82) is 0 Å². The van der Waals surface area contributed by atoms with E-state index in [0.29, 0.717) is 13.1 Å². The smallest absolute Gasteiger partial charge is 0.332 e. The summed E-state index contributed by atoms with van der Waals surface area (Å²) in [5, 5.41) is 0. The highest BCUT2D eigenvalue weighted by Crippen LogP contribution is 2.18. The van der Waals surface area contributed by atoms with Gasteiger partial charge >= 0.3 is 5.69 Å². The maximum absolute atomic E-state index is 12.8. The summed E-state index contributed by atoms with van der Waals surface area (Å²) in [7, 11) is -0.902. The lowest BCUT2D eigenvalue weighted by Crippen LogP contribution is -2.46. The van der Waals surface area contributed by atoms with Gasteiger partial charge in [-0.05, 0) is 44.4 Å². The Hall–Kier alpha value is -2.76. The van der Waals surface area contributed by atoms with Crippen molar-refractivity contribution >= 4 is 21.6 Å².